The molecule has 3 rings (SSSR count). The van der Waals surface area contributed by atoms with Crippen molar-refractivity contribution in [2.75, 3.05) is 25.5 Å². The molecule has 1 aromatic heterocycles. The van der Waals surface area contributed by atoms with Crippen LogP contribution in [0.4, 0.5) is 10.5 Å². The lowest BCUT2D eigenvalue weighted by Crippen LogP contribution is -2.47. The van der Waals surface area contributed by atoms with Crippen LogP contribution in [0.3, 0.4) is 0 Å². The number of carbonyl (C=O) groups excluding carboxylic acids is 1. The molecule has 0 spiro atoms. The monoisotopic (exact) mass is 346 g/mol. The summed E-state index contributed by atoms with van der Waals surface area (Å²) in [4.78, 5) is 14.5. The Morgan fingerprint density at radius 2 is 2.21 bits per heavy atom. The Morgan fingerprint density at radius 3 is 2.92 bits per heavy atom. The predicted octanol–water partition coefficient (Wildman–Crippen LogP) is 4.06. The number of carbonyl (C=O) groups is 1. The number of amides is 2. The van der Waals surface area contributed by atoms with Gasteiger partial charge in [-0.15, -0.1) is 0 Å². The zero-order valence-corrected chi connectivity index (χ0v) is 14.9. The molecule has 6 heteroatoms. The molecule has 0 unspecified atom stereocenters. The summed E-state index contributed by atoms with van der Waals surface area (Å²) in [6, 6.07) is 7.60. The van der Waals surface area contributed by atoms with Crippen molar-refractivity contribution in [1.82, 2.24) is 4.90 Å². The van der Waals surface area contributed by atoms with Crippen molar-refractivity contribution in [3.8, 4) is 5.75 Å². The van der Waals surface area contributed by atoms with E-state index in [-0.39, 0.29) is 18.2 Å². The van der Waals surface area contributed by atoms with Gasteiger partial charge in [0.1, 0.15) is 11.9 Å². The molecule has 1 fully saturated rings. The molecular formula is C18H22N2O3S. The summed E-state index contributed by atoms with van der Waals surface area (Å²) in [6.45, 7) is 5.09. The standard InChI is InChI=1S/C18H22N2O3S/c1-12-4-5-15(22-3)8-16(12)19-18(21)20-9-13(2)23-17(10-20)14-6-7-24-11-14/h4-8,11,13,17H,9-10H2,1-3H3,(H,19,21)/t13-,17+/m1/s1. The predicted molar refractivity (Wildman–Crippen MR) is 95.9 cm³/mol. The molecule has 0 radical (unpaired) electrons. The van der Waals surface area contributed by atoms with E-state index in [4.69, 9.17) is 9.47 Å². The minimum atomic E-state index is -0.110. The number of aryl methyl sites for hydroxylation is 1. The first-order valence-electron chi connectivity index (χ1n) is 7.95. The number of urea groups is 1. The molecule has 1 aliphatic heterocycles. The summed E-state index contributed by atoms with van der Waals surface area (Å²) in [5.74, 6) is 0.724. The van der Waals surface area contributed by atoms with Crippen LogP contribution in [0.5, 0.6) is 5.75 Å². The fourth-order valence-electron chi connectivity index (χ4n) is 2.82. The summed E-state index contributed by atoms with van der Waals surface area (Å²) in [5, 5.41) is 7.10. The van der Waals surface area contributed by atoms with Crippen molar-refractivity contribution in [2.24, 2.45) is 0 Å². The van der Waals surface area contributed by atoms with E-state index in [0.717, 1.165) is 22.6 Å². The number of morpholine rings is 1. The van der Waals surface area contributed by atoms with Crippen molar-refractivity contribution in [3.63, 3.8) is 0 Å². The van der Waals surface area contributed by atoms with E-state index < -0.39 is 0 Å². The first-order valence-corrected chi connectivity index (χ1v) is 8.89. The number of rotatable bonds is 3. The molecular weight excluding hydrogens is 324 g/mol. The van der Waals surface area contributed by atoms with Crippen LogP contribution in [-0.2, 0) is 4.74 Å². The highest BCUT2D eigenvalue weighted by molar-refractivity contribution is 7.07. The maximum absolute atomic E-state index is 12.7. The molecule has 1 saturated heterocycles. The number of ether oxygens (including phenoxy) is 2. The number of benzene rings is 1. The number of nitrogens with zero attached hydrogens (tertiary/aromatic N) is 1. The molecule has 128 valence electrons. The maximum atomic E-state index is 12.7. The zero-order chi connectivity index (χ0) is 17.1. The fourth-order valence-corrected chi connectivity index (χ4v) is 3.52. The van der Waals surface area contributed by atoms with Crippen LogP contribution in [-0.4, -0.2) is 37.2 Å². The van der Waals surface area contributed by atoms with Crippen LogP contribution in [0.15, 0.2) is 35.0 Å². The number of anilines is 1. The molecule has 2 heterocycles. The third-order valence-corrected chi connectivity index (χ3v) is 4.85. The third-order valence-electron chi connectivity index (χ3n) is 4.15. The molecule has 5 nitrogen and oxygen atoms in total. The van der Waals surface area contributed by atoms with Gasteiger partial charge in [0.05, 0.1) is 19.8 Å². The van der Waals surface area contributed by atoms with Gasteiger partial charge >= 0.3 is 6.03 Å². The lowest BCUT2D eigenvalue weighted by atomic mass is 10.1. The summed E-state index contributed by atoms with van der Waals surface area (Å²) in [5.41, 5.74) is 2.90. The van der Waals surface area contributed by atoms with Crippen LogP contribution in [0.1, 0.15) is 24.2 Å². The van der Waals surface area contributed by atoms with Gasteiger partial charge in [0.25, 0.3) is 0 Å². The van der Waals surface area contributed by atoms with Crippen LogP contribution in [0.25, 0.3) is 0 Å². The highest BCUT2D eigenvalue weighted by atomic mass is 32.1. The second-order valence-electron chi connectivity index (χ2n) is 6.01. The van der Waals surface area contributed by atoms with Crippen LogP contribution < -0.4 is 10.1 Å². The summed E-state index contributed by atoms with van der Waals surface area (Å²) in [6.07, 6.45) is -0.0713. The van der Waals surface area contributed by atoms with Gasteiger partial charge in [-0.25, -0.2) is 4.79 Å². The van der Waals surface area contributed by atoms with Gasteiger partial charge in [0.15, 0.2) is 0 Å². The Hall–Kier alpha value is -2.05. The van der Waals surface area contributed by atoms with E-state index in [1.807, 2.05) is 42.3 Å². The van der Waals surface area contributed by atoms with Crippen LogP contribution in [0.2, 0.25) is 0 Å². The summed E-state index contributed by atoms with van der Waals surface area (Å²) < 4.78 is 11.2. The number of thiophene rings is 1. The minimum Gasteiger partial charge on any atom is -0.497 e. The van der Waals surface area contributed by atoms with Crippen molar-refractivity contribution in [1.29, 1.82) is 0 Å². The highest BCUT2D eigenvalue weighted by Gasteiger charge is 2.29. The van der Waals surface area contributed by atoms with Gasteiger partial charge in [-0.1, -0.05) is 6.07 Å². The minimum absolute atomic E-state index is 0.000747. The Labute approximate surface area is 146 Å². The van der Waals surface area contributed by atoms with Gasteiger partial charge in [-0.05, 0) is 47.9 Å². The average Bonchev–Trinajstić information content (AvgIpc) is 3.11. The molecule has 0 saturated carbocycles. The van der Waals surface area contributed by atoms with E-state index >= 15 is 0 Å². The maximum Gasteiger partial charge on any atom is 0.322 e. The van der Waals surface area contributed by atoms with E-state index in [9.17, 15) is 4.79 Å². The molecule has 1 aliphatic rings. The number of nitrogens with one attached hydrogen (secondary N) is 1. The number of methoxy groups -OCH3 is 1. The molecule has 1 aromatic carbocycles. The Balaban J connectivity index is 1.72. The Kier molecular flexibility index (Phi) is 5.06. The SMILES string of the molecule is COc1ccc(C)c(NC(=O)N2C[C@@H](C)O[C@H](c3ccsc3)C2)c1. The molecule has 0 aliphatic carbocycles. The highest BCUT2D eigenvalue weighted by Crippen LogP contribution is 2.28. The van der Waals surface area contributed by atoms with Gasteiger partial charge in [-0.3, -0.25) is 0 Å². The van der Waals surface area contributed by atoms with Crippen molar-refractivity contribution in [2.45, 2.75) is 26.1 Å². The zero-order valence-electron chi connectivity index (χ0n) is 14.1. The van der Waals surface area contributed by atoms with Gasteiger partial charge in [0, 0.05) is 18.3 Å². The van der Waals surface area contributed by atoms with E-state index in [1.54, 1.807) is 18.4 Å². The molecule has 2 aromatic rings. The summed E-state index contributed by atoms with van der Waals surface area (Å²) in [7, 11) is 1.62. The van der Waals surface area contributed by atoms with E-state index in [2.05, 4.69) is 16.8 Å². The molecule has 2 atom stereocenters. The third kappa shape index (κ3) is 3.71. The van der Waals surface area contributed by atoms with Crippen molar-refractivity contribution in [3.05, 3.63) is 46.2 Å². The Morgan fingerprint density at radius 1 is 1.38 bits per heavy atom. The van der Waals surface area contributed by atoms with E-state index in [1.165, 1.54) is 0 Å². The van der Waals surface area contributed by atoms with Crippen LogP contribution >= 0.6 is 11.3 Å². The first-order chi connectivity index (χ1) is 11.6. The normalized spacial score (nSPS) is 20.7. The smallest absolute Gasteiger partial charge is 0.322 e. The van der Waals surface area contributed by atoms with Gasteiger partial charge in [0.2, 0.25) is 0 Å². The Bertz CT molecular complexity index is 702. The average molecular weight is 346 g/mol. The first kappa shape index (κ1) is 16.8. The second-order valence-corrected chi connectivity index (χ2v) is 6.79. The number of hydrogen-bond acceptors (Lipinski definition) is 4. The quantitative estimate of drug-likeness (QED) is 0.912. The van der Waals surface area contributed by atoms with E-state index in [0.29, 0.717) is 13.1 Å². The van der Waals surface area contributed by atoms with Gasteiger partial charge in [-0.2, -0.15) is 11.3 Å². The van der Waals surface area contributed by atoms with Gasteiger partial charge < -0.3 is 19.7 Å². The molecule has 24 heavy (non-hydrogen) atoms. The van der Waals surface area contributed by atoms with Crippen molar-refractivity contribution < 1.29 is 14.3 Å². The molecule has 1 N–H and O–H groups in total. The molecule has 0 bridgehead atoms. The lowest BCUT2D eigenvalue weighted by molar-refractivity contribution is -0.0640. The van der Waals surface area contributed by atoms with Crippen LogP contribution in [0, 0.1) is 6.92 Å². The molecule has 2 amide bonds. The van der Waals surface area contributed by atoms with Crippen molar-refractivity contribution >= 4 is 23.1 Å². The number of hydrogen-bond donors (Lipinski definition) is 1. The fraction of sp³-hybridized carbons (Fsp3) is 0.389. The largest absolute Gasteiger partial charge is 0.497 e. The summed E-state index contributed by atoms with van der Waals surface area (Å²) >= 11 is 1.64. The topological polar surface area (TPSA) is 50.8 Å². The lowest BCUT2D eigenvalue weighted by Gasteiger charge is -2.36. The second kappa shape index (κ2) is 7.23.